The number of aliphatic hydroxyl groups excluding tert-OH is 1. The molecule has 8 nitrogen and oxygen atoms in total. The van der Waals surface area contributed by atoms with Crippen LogP contribution in [0.3, 0.4) is 0 Å². The lowest BCUT2D eigenvalue weighted by molar-refractivity contribution is -0.206. The van der Waals surface area contributed by atoms with Crippen LogP contribution in [0.15, 0.2) is 48.9 Å². The molecule has 4 aromatic rings. The van der Waals surface area contributed by atoms with E-state index in [1.807, 2.05) is 16.8 Å². The highest BCUT2D eigenvalue weighted by molar-refractivity contribution is 5.90. The van der Waals surface area contributed by atoms with Crippen LogP contribution in [-0.2, 0) is 4.74 Å². The average molecular weight is 458 g/mol. The summed E-state index contributed by atoms with van der Waals surface area (Å²) in [6, 6.07) is 9.50. The quantitative estimate of drug-likeness (QED) is 0.482. The molecular formula is C22H21F3N6O2. The Morgan fingerprint density at radius 2 is 1.88 bits per heavy atom. The molecule has 0 amide bonds. The predicted molar refractivity (Wildman–Crippen MR) is 114 cm³/mol. The van der Waals surface area contributed by atoms with Gasteiger partial charge in [0.15, 0.2) is 11.9 Å². The molecule has 1 atom stereocenters. The number of anilines is 1. The number of rotatable bonds is 4. The van der Waals surface area contributed by atoms with Crippen molar-refractivity contribution >= 4 is 11.3 Å². The van der Waals surface area contributed by atoms with E-state index in [2.05, 4.69) is 15.2 Å². The van der Waals surface area contributed by atoms with Gasteiger partial charge in [0.1, 0.15) is 11.8 Å². The van der Waals surface area contributed by atoms with Gasteiger partial charge in [-0.2, -0.15) is 23.4 Å². The van der Waals surface area contributed by atoms with Crippen molar-refractivity contribution < 1.29 is 23.0 Å². The van der Waals surface area contributed by atoms with E-state index in [0.29, 0.717) is 35.6 Å². The fourth-order valence-electron chi connectivity index (χ4n) is 4.27. The van der Waals surface area contributed by atoms with Gasteiger partial charge in [-0.1, -0.05) is 18.2 Å². The van der Waals surface area contributed by atoms with Crippen molar-refractivity contribution in [3.8, 4) is 22.5 Å². The molecule has 0 bridgehead atoms. The zero-order valence-electron chi connectivity index (χ0n) is 17.4. The summed E-state index contributed by atoms with van der Waals surface area (Å²) in [4.78, 5) is 4.11. The summed E-state index contributed by atoms with van der Waals surface area (Å²) in [7, 11) is 0. The van der Waals surface area contributed by atoms with E-state index in [4.69, 9.17) is 10.5 Å². The number of alkyl halides is 3. The maximum Gasteiger partial charge on any atom is 0.418 e. The maximum atomic E-state index is 13.1. The van der Waals surface area contributed by atoms with Crippen LogP contribution >= 0.6 is 0 Å². The highest BCUT2D eigenvalue weighted by Crippen LogP contribution is 2.38. The Morgan fingerprint density at radius 1 is 1.09 bits per heavy atom. The highest BCUT2D eigenvalue weighted by atomic mass is 19.4. The third kappa shape index (κ3) is 3.83. The fraction of sp³-hybridized carbons (Fsp3) is 0.318. The molecule has 0 saturated carbocycles. The Labute approximate surface area is 186 Å². The van der Waals surface area contributed by atoms with E-state index in [1.165, 1.54) is 24.5 Å². The van der Waals surface area contributed by atoms with Crippen molar-refractivity contribution in [1.29, 1.82) is 0 Å². The molecule has 5 rings (SSSR count). The smallest absolute Gasteiger partial charge is 0.382 e. The highest BCUT2D eigenvalue weighted by Gasteiger charge is 2.39. The Hall–Kier alpha value is -3.44. The Kier molecular flexibility index (Phi) is 5.29. The van der Waals surface area contributed by atoms with Crippen molar-refractivity contribution in [2.75, 3.05) is 18.9 Å². The molecule has 33 heavy (non-hydrogen) atoms. The van der Waals surface area contributed by atoms with E-state index < -0.39 is 12.3 Å². The minimum atomic E-state index is -4.77. The molecule has 1 aliphatic rings. The van der Waals surface area contributed by atoms with Crippen LogP contribution in [0.25, 0.3) is 28.0 Å². The minimum Gasteiger partial charge on any atom is -0.382 e. The fourth-order valence-corrected chi connectivity index (χ4v) is 4.27. The number of hydrogen-bond donors (Lipinski definition) is 2. The lowest BCUT2D eigenvalue weighted by atomic mass is 10.0. The molecule has 4 heterocycles. The molecule has 3 aromatic heterocycles. The van der Waals surface area contributed by atoms with E-state index >= 15 is 0 Å². The molecule has 0 aliphatic carbocycles. The molecule has 0 radical (unpaired) electrons. The second-order valence-corrected chi connectivity index (χ2v) is 7.92. The summed E-state index contributed by atoms with van der Waals surface area (Å²) in [5, 5.41) is 18.5. The lowest BCUT2D eigenvalue weighted by Crippen LogP contribution is -2.21. The van der Waals surface area contributed by atoms with Gasteiger partial charge in [0, 0.05) is 30.5 Å². The van der Waals surface area contributed by atoms with Crippen LogP contribution in [0.2, 0.25) is 0 Å². The summed E-state index contributed by atoms with van der Waals surface area (Å²) in [5.41, 5.74) is 8.97. The van der Waals surface area contributed by atoms with Crippen LogP contribution in [0, 0.1) is 0 Å². The van der Waals surface area contributed by atoms with Crippen LogP contribution in [0.4, 0.5) is 19.0 Å². The van der Waals surface area contributed by atoms with Gasteiger partial charge >= 0.3 is 6.18 Å². The molecule has 11 heteroatoms. The molecule has 1 unspecified atom stereocenters. The number of aromatic nitrogens is 5. The number of hydrogen-bond acceptors (Lipinski definition) is 6. The number of fused-ring (bicyclic) bond motifs is 1. The van der Waals surface area contributed by atoms with Crippen molar-refractivity contribution in [3.05, 3.63) is 54.5 Å². The van der Waals surface area contributed by atoms with Crippen LogP contribution in [0.1, 0.15) is 30.6 Å². The predicted octanol–water partition coefficient (Wildman–Crippen LogP) is 3.79. The number of nitrogens with two attached hydrogens (primary N) is 1. The monoisotopic (exact) mass is 458 g/mol. The SMILES string of the molecule is Nc1ncnn2c(-c3cccc(C(O)C(F)(F)F)c3)cc(-c3ccnn3C3CCOCC3)c12. The van der Waals surface area contributed by atoms with Gasteiger partial charge < -0.3 is 15.6 Å². The number of ether oxygens (including phenoxy) is 1. The van der Waals surface area contributed by atoms with E-state index in [9.17, 15) is 18.3 Å². The first-order valence-electron chi connectivity index (χ1n) is 10.4. The van der Waals surface area contributed by atoms with Crippen LogP contribution < -0.4 is 5.73 Å². The molecule has 3 N–H and O–H groups in total. The lowest BCUT2D eigenvalue weighted by Gasteiger charge is -2.24. The number of aliphatic hydroxyl groups is 1. The maximum absolute atomic E-state index is 13.1. The van der Waals surface area contributed by atoms with Gasteiger partial charge in [0.2, 0.25) is 0 Å². The molecule has 1 aromatic carbocycles. The number of halogens is 3. The Bertz CT molecular complexity index is 1290. The van der Waals surface area contributed by atoms with Gasteiger partial charge in [-0.3, -0.25) is 4.68 Å². The topological polar surface area (TPSA) is 103 Å². The Balaban J connectivity index is 1.66. The summed E-state index contributed by atoms with van der Waals surface area (Å²) in [6.45, 7) is 1.29. The summed E-state index contributed by atoms with van der Waals surface area (Å²) >= 11 is 0. The summed E-state index contributed by atoms with van der Waals surface area (Å²) in [6.07, 6.45) is -2.73. The number of nitrogens with zero attached hydrogens (tertiary/aromatic N) is 5. The van der Waals surface area contributed by atoms with Gasteiger partial charge in [0.05, 0.1) is 17.4 Å². The van der Waals surface area contributed by atoms with Gasteiger partial charge in [-0.25, -0.2) is 9.50 Å². The molecule has 1 fully saturated rings. The minimum absolute atomic E-state index is 0.151. The van der Waals surface area contributed by atoms with E-state index in [-0.39, 0.29) is 17.4 Å². The molecule has 172 valence electrons. The molecule has 1 aliphatic heterocycles. The summed E-state index contributed by atoms with van der Waals surface area (Å²) in [5.74, 6) is 0.234. The third-order valence-electron chi connectivity index (χ3n) is 5.87. The molecule has 0 spiro atoms. The normalized spacial score (nSPS) is 16.4. The van der Waals surface area contributed by atoms with Crippen molar-refractivity contribution in [1.82, 2.24) is 24.4 Å². The largest absolute Gasteiger partial charge is 0.418 e. The van der Waals surface area contributed by atoms with Gasteiger partial charge in [-0.05, 0) is 36.6 Å². The van der Waals surface area contributed by atoms with Crippen LogP contribution in [-0.4, -0.2) is 48.9 Å². The first-order chi connectivity index (χ1) is 15.8. The Morgan fingerprint density at radius 3 is 2.64 bits per heavy atom. The second kappa shape index (κ2) is 8.16. The molecule has 1 saturated heterocycles. The number of nitrogen functional groups attached to an aromatic ring is 1. The van der Waals surface area contributed by atoms with Crippen LogP contribution in [0.5, 0.6) is 0 Å². The summed E-state index contributed by atoms with van der Waals surface area (Å²) < 4.78 is 48.2. The van der Waals surface area contributed by atoms with Crippen molar-refractivity contribution in [2.45, 2.75) is 31.2 Å². The van der Waals surface area contributed by atoms with Crippen molar-refractivity contribution in [3.63, 3.8) is 0 Å². The first-order valence-corrected chi connectivity index (χ1v) is 10.4. The van der Waals surface area contributed by atoms with Gasteiger partial charge in [-0.15, -0.1) is 0 Å². The van der Waals surface area contributed by atoms with Gasteiger partial charge in [0.25, 0.3) is 0 Å². The van der Waals surface area contributed by atoms with E-state index in [0.717, 1.165) is 18.5 Å². The zero-order chi connectivity index (χ0) is 23.2. The van der Waals surface area contributed by atoms with Crippen molar-refractivity contribution in [2.24, 2.45) is 0 Å². The zero-order valence-corrected chi connectivity index (χ0v) is 17.4. The molecular weight excluding hydrogens is 437 g/mol. The van der Waals surface area contributed by atoms with E-state index in [1.54, 1.807) is 16.8 Å². The first kappa shape index (κ1) is 21.4. The third-order valence-corrected chi connectivity index (χ3v) is 5.87. The number of benzene rings is 1. The second-order valence-electron chi connectivity index (χ2n) is 7.92. The average Bonchev–Trinajstić information content (AvgIpc) is 3.44. The standard InChI is InChI=1S/C22H21F3N6O2/c23-22(24,25)20(32)14-3-1-2-13(10-14)18-11-16(19-21(26)27-12-29-31(18)19)17-4-7-28-30(17)15-5-8-33-9-6-15/h1-4,7,10-12,15,20,32H,5-6,8-9H2,(H2,26,27,29).